The molecule has 5 rings (SSSR count). The van der Waals surface area contributed by atoms with E-state index in [-0.39, 0.29) is 12.0 Å². The molecule has 2 aromatic carbocycles. The molecule has 1 saturated heterocycles. The van der Waals surface area contributed by atoms with Gasteiger partial charge in [-0.25, -0.2) is 4.68 Å². The minimum atomic E-state index is 0.0401. The van der Waals surface area contributed by atoms with Gasteiger partial charge in [-0.15, -0.1) is 0 Å². The molecule has 6 nitrogen and oxygen atoms in total. The molecule has 1 fully saturated rings. The molecule has 3 aromatic rings. The Kier molecular flexibility index (Phi) is 5.47. The smallest absolute Gasteiger partial charge is 0.257 e. The Morgan fingerprint density at radius 3 is 2.77 bits per heavy atom. The van der Waals surface area contributed by atoms with Crippen LogP contribution in [0.5, 0.6) is 5.75 Å². The SMILES string of the molecule is Cc1cc2c(cc1Cc1ccc(-n3cccn3)cc1)C(=O)N(CC1CCCO1)CCO2. The number of ether oxygens (including phenoxy) is 2. The van der Waals surface area contributed by atoms with Crippen molar-refractivity contribution in [3.8, 4) is 11.4 Å². The van der Waals surface area contributed by atoms with Gasteiger partial charge in [-0.3, -0.25) is 4.79 Å². The number of benzene rings is 2. The largest absolute Gasteiger partial charge is 0.491 e. The van der Waals surface area contributed by atoms with Crippen molar-refractivity contribution in [2.75, 3.05) is 26.3 Å². The predicted octanol–water partition coefficient (Wildman–Crippen LogP) is 3.79. The lowest BCUT2D eigenvalue weighted by Crippen LogP contribution is -2.38. The van der Waals surface area contributed by atoms with Crippen LogP contribution in [0.1, 0.15) is 39.9 Å². The lowest BCUT2D eigenvalue weighted by molar-refractivity contribution is 0.0519. The fraction of sp³-hybridized carbons (Fsp3) is 0.360. The van der Waals surface area contributed by atoms with Gasteiger partial charge in [-0.2, -0.15) is 5.10 Å². The number of rotatable bonds is 5. The number of carbonyl (C=O) groups excluding carboxylic acids is 1. The molecule has 0 aliphatic carbocycles. The van der Waals surface area contributed by atoms with Crippen molar-refractivity contribution < 1.29 is 14.3 Å². The molecule has 0 bridgehead atoms. The molecule has 3 heterocycles. The highest BCUT2D eigenvalue weighted by Crippen LogP contribution is 2.29. The second-order valence-corrected chi connectivity index (χ2v) is 8.30. The summed E-state index contributed by atoms with van der Waals surface area (Å²) in [5, 5.41) is 4.28. The summed E-state index contributed by atoms with van der Waals surface area (Å²) in [7, 11) is 0. The van der Waals surface area contributed by atoms with E-state index in [1.807, 2.05) is 34.0 Å². The van der Waals surface area contributed by atoms with Crippen LogP contribution in [0.25, 0.3) is 5.69 Å². The Morgan fingerprint density at radius 1 is 1.16 bits per heavy atom. The summed E-state index contributed by atoms with van der Waals surface area (Å²) in [6.07, 6.45) is 6.70. The van der Waals surface area contributed by atoms with Gasteiger partial charge in [0.05, 0.1) is 23.9 Å². The van der Waals surface area contributed by atoms with Crippen LogP contribution in [-0.2, 0) is 11.2 Å². The normalized spacial score (nSPS) is 18.5. The fourth-order valence-corrected chi connectivity index (χ4v) is 4.36. The van der Waals surface area contributed by atoms with Crippen LogP contribution in [0.3, 0.4) is 0 Å². The van der Waals surface area contributed by atoms with Crippen LogP contribution in [0, 0.1) is 6.92 Å². The number of amides is 1. The van der Waals surface area contributed by atoms with Crippen molar-refractivity contribution in [3.63, 3.8) is 0 Å². The Hall–Kier alpha value is -3.12. The molecule has 1 atom stereocenters. The van der Waals surface area contributed by atoms with Crippen LogP contribution >= 0.6 is 0 Å². The third-order valence-corrected chi connectivity index (χ3v) is 6.12. The molecule has 6 heteroatoms. The zero-order chi connectivity index (χ0) is 21.2. The zero-order valence-electron chi connectivity index (χ0n) is 17.8. The molecular formula is C25H27N3O3. The molecule has 0 saturated carbocycles. The molecule has 2 aliphatic rings. The van der Waals surface area contributed by atoms with Gasteiger partial charge >= 0.3 is 0 Å². The Balaban J connectivity index is 1.37. The minimum absolute atomic E-state index is 0.0401. The van der Waals surface area contributed by atoms with E-state index in [0.717, 1.165) is 42.7 Å². The lowest BCUT2D eigenvalue weighted by Gasteiger charge is -2.23. The standard InChI is InChI=1S/C25H27N3O3/c1-18-14-24-23(25(29)27(11-13-31-24)17-22-4-2-12-30-22)16-20(18)15-19-5-7-21(8-6-19)28-10-3-9-26-28/h3,5-10,14,16,22H,2,4,11-13,15,17H2,1H3. The highest BCUT2D eigenvalue weighted by molar-refractivity contribution is 5.97. The van der Waals surface area contributed by atoms with E-state index in [1.54, 1.807) is 6.20 Å². The van der Waals surface area contributed by atoms with Crippen LogP contribution in [-0.4, -0.2) is 53.0 Å². The molecular weight excluding hydrogens is 390 g/mol. The van der Waals surface area contributed by atoms with E-state index in [0.29, 0.717) is 31.0 Å². The molecule has 0 spiro atoms. The maximum absolute atomic E-state index is 13.3. The Morgan fingerprint density at radius 2 is 2.03 bits per heavy atom. The number of carbonyl (C=O) groups is 1. The van der Waals surface area contributed by atoms with Crippen molar-refractivity contribution in [2.45, 2.75) is 32.3 Å². The second kappa shape index (κ2) is 8.55. The van der Waals surface area contributed by atoms with Gasteiger partial charge in [0.15, 0.2) is 0 Å². The van der Waals surface area contributed by atoms with Gasteiger partial charge in [0.2, 0.25) is 0 Å². The van der Waals surface area contributed by atoms with Gasteiger partial charge in [-0.1, -0.05) is 12.1 Å². The predicted molar refractivity (Wildman–Crippen MR) is 118 cm³/mol. The lowest BCUT2D eigenvalue weighted by atomic mass is 9.97. The molecule has 31 heavy (non-hydrogen) atoms. The average molecular weight is 418 g/mol. The number of hydrogen-bond acceptors (Lipinski definition) is 4. The van der Waals surface area contributed by atoms with Crippen LogP contribution in [0.15, 0.2) is 54.9 Å². The summed E-state index contributed by atoms with van der Waals surface area (Å²) in [6, 6.07) is 14.3. The summed E-state index contributed by atoms with van der Waals surface area (Å²) >= 11 is 0. The summed E-state index contributed by atoms with van der Waals surface area (Å²) in [5.41, 5.74) is 5.15. The van der Waals surface area contributed by atoms with E-state index >= 15 is 0 Å². The van der Waals surface area contributed by atoms with Crippen LogP contribution < -0.4 is 4.74 Å². The summed E-state index contributed by atoms with van der Waals surface area (Å²) in [5.74, 6) is 0.730. The zero-order valence-corrected chi connectivity index (χ0v) is 17.8. The second-order valence-electron chi connectivity index (χ2n) is 8.30. The number of aryl methyl sites for hydroxylation is 1. The molecule has 0 N–H and O–H groups in total. The highest BCUT2D eigenvalue weighted by atomic mass is 16.5. The topological polar surface area (TPSA) is 56.6 Å². The van der Waals surface area contributed by atoms with Crippen LogP contribution in [0.4, 0.5) is 0 Å². The number of hydrogen-bond donors (Lipinski definition) is 0. The fourth-order valence-electron chi connectivity index (χ4n) is 4.36. The minimum Gasteiger partial charge on any atom is -0.491 e. The average Bonchev–Trinajstić information content (AvgIpc) is 3.47. The van der Waals surface area contributed by atoms with Gasteiger partial charge < -0.3 is 14.4 Å². The van der Waals surface area contributed by atoms with Crippen molar-refractivity contribution in [1.29, 1.82) is 0 Å². The van der Waals surface area contributed by atoms with Gasteiger partial charge in [0, 0.05) is 25.5 Å². The summed E-state index contributed by atoms with van der Waals surface area (Å²) < 4.78 is 13.5. The first-order valence-electron chi connectivity index (χ1n) is 10.9. The third-order valence-electron chi connectivity index (χ3n) is 6.12. The first-order chi connectivity index (χ1) is 15.2. The van der Waals surface area contributed by atoms with Gasteiger partial charge in [0.1, 0.15) is 12.4 Å². The van der Waals surface area contributed by atoms with Crippen molar-refractivity contribution >= 4 is 5.91 Å². The van der Waals surface area contributed by atoms with Crippen molar-refractivity contribution in [1.82, 2.24) is 14.7 Å². The van der Waals surface area contributed by atoms with Gasteiger partial charge in [0.25, 0.3) is 5.91 Å². The number of aromatic nitrogens is 2. The maximum atomic E-state index is 13.3. The monoisotopic (exact) mass is 417 g/mol. The number of fused-ring (bicyclic) bond motifs is 1. The summed E-state index contributed by atoms with van der Waals surface area (Å²) in [6.45, 7) is 4.62. The van der Waals surface area contributed by atoms with Crippen molar-refractivity contribution in [3.05, 3.63) is 77.1 Å². The molecule has 1 amide bonds. The molecule has 1 unspecified atom stereocenters. The van der Waals surface area contributed by atoms with E-state index in [1.165, 1.54) is 5.56 Å². The molecule has 2 aliphatic heterocycles. The Bertz CT molecular complexity index is 1050. The number of nitrogens with zero attached hydrogens (tertiary/aromatic N) is 3. The third kappa shape index (κ3) is 4.21. The molecule has 1 aromatic heterocycles. The highest BCUT2D eigenvalue weighted by Gasteiger charge is 2.28. The summed E-state index contributed by atoms with van der Waals surface area (Å²) in [4.78, 5) is 15.2. The van der Waals surface area contributed by atoms with Crippen molar-refractivity contribution in [2.24, 2.45) is 0 Å². The van der Waals surface area contributed by atoms with E-state index in [4.69, 9.17) is 9.47 Å². The molecule has 0 radical (unpaired) electrons. The van der Waals surface area contributed by atoms with E-state index < -0.39 is 0 Å². The van der Waals surface area contributed by atoms with Crippen LogP contribution in [0.2, 0.25) is 0 Å². The van der Waals surface area contributed by atoms with E-state index in [9.17, 15) is 4.79 Å². The Labute approximate surface area is 182 Å². The van der Waals surface area contributed by atoms with Gasteiger partial charge in [-0.05, 0) is 73.2 Å². The van der Waals surface area contributed by atoms with E-state index in [2.05, 4.69) is 36.3 Å². The maximum Gasteiger partial charge on any atom is 0.257 e. The first kappa shape index (κ1) is 19.8. The first-order valence-corrected chi connectivity index (χ1v) is 10.9. The quantitative estimate of drug-likeness (QED) is 0.634. The molecule has 160 valence electrons.